The van der Waals surface area contributed by atoms with E-state index in [1.807, 2.05) is 24.3 Å². The molecule has 0 unspecified atom stereocenters. The second-order valence-corrected chi connectivity index (χ2v) is 9.64. The smallest absolute Gasteiger partial charge is 0.328 e. The third-order valence-electron chi connectivity index (χ3n) is 5.71. The Labute approximate surface area is 194 Å². The van der Waals surface area contributed by atoms with Gasteiger partial charge in [-0.05, 0) is 30.9 Å². The molecule has 0 fully saturated rings. The van der Waals surface area contributed by atoms with Gasteiger partial charge in [-0.2, -0.15) is 0 Å². The normalized spacial score (nSPS) is 11.8. The van der Waals surface area contributed by atoms with Crippen molar-refractivity contribution in [3.63, 3.8) is 0 Å². The number of aromatic nitrogens is 6. The lowest BCUT2D eigenvalue weighted by Gasteiger charge is -2.14. The quantitative estimate of drug-likeness (QED) is 0.224. The lowest BCUT2D eigenvalue weighted by atomic mass is 10.1. The fraction of sp³-hybridized carbons (Fsp3) is 0.435. The fourth-order valence-corrected chi connectivity index (χ4v) is 4.77. The minimum Gasteiger partial charge on any atom is -0.328 e. The summed E-state index contributed by atoms with van der Waals surface area (Å²) in [4.78, 5) is 47.5. The van der Waals surface area contributed by atoms with E-state index in [4.69, 9.17) is 4.98 Å². The predicted molar refractivity (Wildman–Crippen MR) is 131 cm³/mol. The van der Waals surface area contributed by atoms with E-state index in [0.717, 1.165) is 6.42 Å². The molecule has 174 valence electrons. The van der Waals surface area contributed by atoms with Crippen molar-refractivity contribution in [2.24, 2.45) is 20.0 Å². The maximum atomic E-state index is 13.1. The summed E-state index contributed by atoms with van der Waals surface area (Å²) < 4.78 is 6.04. The number of nitrogens with zero attached hydrogens (tertiary/aromatic N) is 6. The molecule has 4 aromatic rings. The summed E-state index contributed by atoms with van der Waals surface area (Å²) in [5, 5.41) is 1.28. The van der Waals surface area contributed by atoms with Crippen LogP contribution >= 0.6 is 11.8 Å². The maximum Gasteiger partial charge on any atom is 0.332 e. The number of rotatable bonds is 8. The molecule has 9 nitrogen and oxygen atoms in total. The van der Waals surface area contributed by atoms with Gasteiger partial charge in [0.1, 0.15) is 0 Å². The van der Waals surface area contributed by atoms with Crippen molar-refractivity contribution in [1.29, 1.82) is 0 Å². The highest BCUT2D eigenvalue weighted by Crippen LogP contribution is 2.20. The Hall–Kier alpha value is -3.14. The minimum atomic E-state index is -0.381. The summed E-state index contributed by atoms with van der Waals surface area (Å²) in [6.45, 7) is 5.14. The van der Waals surface area contributed by atoms with Gasteiger partial charge in [0.2, 0.25) is 0 Å². The van der Waals surface area contributed by atoms with Gasteiger partial charge in [0.25, 0.3) is 11.1 Å². The molecule has 4 rings (SSSR count). The predicted octanol–water partition coefficient (Wildman–Crippen LogP) is 2.37. The van der Waals surface area contributed by atoms with Crippen LogP contribution in [-0.2, 0) is 27.2 Å². The van der Waals surface area contributed by atoms with Gasteiger partial charge in [-0.1, -0.05) is 37.7 Å². The van der Waals surface area contributed by atoms with Gasteiger partial charge < -0.3 is 4.57 Å². The van der Waals surface area contributed by atoms with Crippen molar-refractivity contribution in [2.75, 3.05) is 5.75 Å². The Morgan fingerprint density at radius 1 is 1.00 bits per heavy atom. The molecule has 10 heteroatoms. The molecule has 0 spiro atoms. The molecule has 0 N–H and O–H groups in total. The number of aryl methyl sites for hydroxylation is 2. The highest BCUT2D eigenvalue weighted by molar-refractivity contribution is 7.99. The van der Waals surface area contributed by atoms with Gasteiger partial charge in [-0.15, -0.1) is 0 Å². The van der Waals surface area contributed by atoms with Crippen LogP contribution in [0.3, 0.4) is 0 Å². The molecule has 0 aliphatic heterocycles. The lowest BCUT2D eigenvalue weighted by Crippen LogP contribution is -2.39. The topological polar surface area (TPSA) is 96.7 Å². The number of benzene rings is 1. The first kappa shape index (κ1) is 23.0. The van der Waals surface area contributed by atoms with Gasteiger partial charge in [0, 0.05) is 32.9 Å². The van der Waals surface area contributed by atoms with Gasteiger partial charge in [-0.3, -0.25) is 23.3 Å². The van der Waals surface area contributed by atoms with Crippen LogP contribution in [0.15, 0.2) is 50.1 Å². The van der Waals surface area contributed by atoms with Gasteiger partial charge in [-0.25, -0.2) is 14.8 Å². The van der Waals surface area contributed by atoms with Crippen molar-refractivity contribution in [2.45, 2.75) is 44.9 Å². The number of fused-ring (bicyclic) bond motifs is 2. The monoisotopic (exact) mass is 468 g/mol. The summed E-state index contributed by atoms with van der Waals surface area (Å²) in [7, 11) is 3.36. The Bertz CT molecular complexity index is 1490. The number of imidazole rings is 1. The molecule has 0 aliphatic rings. The molecule has 0 radical (unpaired) electrons. The molecule has 0 bridgehead atoms. The zero-order chi connectivity index (χ0) is 23.7. The van der Waals surface area contributed by atoms with Crippen LogP contribution in [-0.4, -0.2) is 34.0 Å². The highest BCUT2D eigenvalue weighted by atomic mass is 32.2. The third kappa shape index (κ3) is 4.39. The first-order valence-electron chi connectivity index (χ1n) is 11.0. The second-order valence-electron chi connectivity index (χ2n) is 8.58. The van der Waals surface area contributed by atoms with Crippen molar-refractivity contribution < 1.29 is 0 Å². The van der Waals surface area contributed by atoms with E-state index < -0.39 is 0 Å². The molecule has 0 atom stereocenters. The van der Waals surface area contributed by atoms with Crippen molar-refractivity contribution in [3.8, 4) is 0 Å². The number of para-hydroxylation sites is 1. The standard InChI is InChI=1S/C23H28N6O3S/c1-15(2)10-12-28-20(30)16-8-5-6-9-17(16)25-22(28)33-13-7-11-29-21(31)18-19(24-14-26(18)3)27(4)23(29)32/h5-6,8-9,14-15H,7,10-13H2,1-4H3. The molecule has 33 heavy (non-hydrogen) atoms. The van der Waals surface area contributed by atoms with Crippen LogP contribution in [0, 0.1) is 5.92 Å². The third-order valence-corrected chi connectivity index (χ3v) is 6.78. The summed E-state index contributed by atoms with van der Waals surface area (Å²) in [6.07, 6.45) is 2.99. The number of hydrogen-bond acceptors (Lipinski definition) is 6. The largest absolute Gasteiger partial charge is 0.332 e. The molecular formula is C23H28N6O3S. The Kier molecular flexibility index (Phi) is 6.55. The fourth-order valence-electron chi connectivity index (χ4n) is 3.82. The summed E-state index contributed by atoms with van der Waals surface area (Å²) >= 11 is 1.48. The summed E-state index contributed by atoms with van der Waals surface area (Å²) in [5.41, 5.74) is 0.716. The van der Waals surface area contributed by atoms with Crippen LogP contribution in [0.1, 0.15) is 26.7 Å². The van der Waals surface area contributed by atoms with E-state index in [2.05, 4.69) is 18.8 Å². The van der Waals surface area contributed by atoms with Crippen LogP contribution in [0.5, 0.6) is 0 Å². The number of thioether (sulfide) groups is 1. The molecule has 0 saturated carbocycles. The summed E-state index contributed by atoms with van der Waals surface area (Å²) in [5.74, 6) is 1.08. The van der Waals surface area contributed by atoms with Crippen molar-refractivity contribution in [1.82, 2.24) is 28.2 Å². The van der Waals surface area contributed by atoms with Gasteiger partial charge >= 0.3 is 5.69 Å². The van der Waals surface area contributed by atoms with Gasteiger partial charge in [0.05, 0.1) is 17.2 Å². The van der Waals surface area contributed by atoms with Crippen LogP contribution < -0.4 is 16.8 Å². The average Bonchev–Trinajstić information content (AvgIpc) is 3.18. The van der Waals surface area contributed by atoms with E-state index in [1.54, 1.807) is 23.2 Å². The SMILES string of the molecule is CC(C)CCn1c(SCCCn2c(=O)c3c(ncn3C)n(C)c2=O)nc2ccccc2c1=O. The molecule has 0 aliphatic carbocycles. The molecule has 3 aromatic heterocycles. The van der Waals surface area contributed by atoms with Crippen molar-refractivity contribution in [3.05, 3.63) is 61.8 Å². The highest BCUT2D eigenvalue weighted by Gasteiger charge is 2.15. The zero-order valence-corrected chi connectivity index (χ0v) is 20.1. The van der Waals surface area contributed by atoms with E-state index in [1.165, 1.54) is 27.2 Å². The first-order valence-corrected chi connectivity index (χ1v) is 12.0. The van der Waals surface area contributed by atoms with E-state index in [-0.39, 0.29) is 23.4 Å². The molecule has 0 saturated heterocycles. The molecular weight excluding hydrogens is 440 g/mol. The van der Waals surface area contributed by atoms with Crippen LogP contribution in [0.4, 0.5) is 0 Å². The average molecular weight is 469 g/mol. The number of hydrogen-bond donors (Lipinski definition) is 0. The molecule has 3 heterocycles. The van der Waals surface area contributed by atoms with Crippen molar-refractivity contribution >= 4 is 33.8 Å². The Balaban J connectivity index is 1.57. The van der Waals surface area contributed by atoms with E-state index >= 15 is 0 Å². The second kappa shape index (κ2) is 9.38. The minimum absolute atomic E-state index is 0.0319. The first-order chi connectivity index (χ1) is 15.8. The Morgan fingerprint density at radius 3 is 2.52 bits per heavy atom. The van der Waals surface area contributed by atoms with Crippen LogP contribution in [0.2, 0.25) is 0 Å². The maximum absolute atomic E-state index is 13.1. The van der Waals surface area contributed by atoms with E-state index in [0.29, 0.717) is 51.9 Å². The Morgan fingerprint density at radius 2 is 1.76 bits per heavy atom. The lowest BCUT2D eigenvalue weighted by molar-refractivity contribution is 0.480. The van der Waals surface area contributed by atoms with Crippen LogP contribution in [0.25, 0.3) is 22.1 Å². The summed E-state index contributed by atoms with van der Waals surface area (Å²) in [6, 6.07) is 7.38. The van der Waals surface area contributed by atoms with E-state index in [9.17, 15) is 14.4 Å². The van der Waals surface area contributed by atoms with Gasteiger partial charge in [0.15, 0.2) is 16.3 Å². The zero-order valence-electron chi connectivity index (χ0n) is 19.3. The molecule has 1 aromatic carbocycles. The molecule has 0 amide bonds.